The quantitative estimate of drug-likeness (QED) is 0.929. The molecule has 1 aromatic carbocycles. The standard InChI is InChI=1S/C13H11F3N2O/c14-13(15,16)12-6-11(10(17)7-18-12)19-8-9-4-2-1-3-5-9/h1-7H,8,17H2. The summed E-state index contributed by atoms with van der Waals surface area (Å²) in [7, 11) is 0. The molecule has 3 nitrogen and oxygen atoms in total. The number of nitrogens with two attached hydrogens (primary N) is 1. The number of hydrogen-bond acceptors (Lipinski definition) is 3. The summed E-state index contributed by atoms with van der Waals surface area (Å²) < 4.78 is 42.8. The zero-order chi connectivity index (χ0) is 13.9. The van der Waals surface area contributed by atoms with Gasteiger partial charge >= 0.3 is 6.18 Å². The van der Waals surface area contributed by atoms with Crippen molar-refractivity contribution in [1.82, 2.24) is 4.98 Å². The number of pyridine rings is 1. The van der Waals surface area contributed by atoms with Crippen LogP contribution in [0.2, 0.25) is 0 Å². The lowest BCUT2D eigenvalue weighted by atomic mass is 10.2. The van der Waals surface area contributed by atoms with Crippen LogP contribution in [0.5, 0.6) is 5.75 Å². The number of alkyl halides is 3. The van der Waals surface area contributed by atoms with Crippen molar-refractivity contribution in [3.05, 3.63) is 53.9 Å². The zero-order valence-electron chi connectivity index (χ0n) is 9.82. The predicted molar refractivity (Wildman–Crippen MR) is 64.4 cm³/mol. The van der Waals surface area contributed by atoms with E-state index in [1.807, 2.05) is 30.3 Å². The highest BCUT2D eigenvalue weighted by molar-refractivity contribution is 5.51. The maximum Gasteiger partial charge on any atom is 0.433 e. The first-order valence-corrected chi connectivity index (χ1v) is 5.46. The highest BCUT2D eigenvalue weighted by atomic mass is 19.4. The molecule has 2 aromatic rings. The van der Waals surface area contributed by atoms with E-state index >= 15 is 0 Å². The van der Waals surface area contributed by atoms with E-state index in [-0.39, 0.29) is 18.0 Å². The Morgan fingerprint density at radius 3 is 2.47 bits per heavy atom. The van der Waals surface area contributed by atoms with Gasteiger partial charge < -0.3 is 10.5 Å². The minimum absolute atomic E-state index is 0.0221. The molecule has 2 N–H and O–H groups in total. The number of rotatable bonds is 3. The molecule has 0 bridgehead atoms. The van der Waals surface area contributed by atoms with E-state index in [0.29, 0.717) is 0 Å². The number of aromatic nitrogens is 1. The highest BCUT2D eigenvalue weighted by Crippen LogP contribution is 2.32. The van der Waals surface area contributed by atoms with Crippen LogP contribution < -0.4 is 10.5 Å². The molecule has 0 aliphatic rings. The number of benzene rings is 1. The van der Waals surface area contributed by atoms with Gasteiger partial charge in [0, 0.05) is 6.07 Å². The fraction of sp³-hybridized carbons (Fsp3) is 0.154. The van der Waals surface area contributed by atoms with Crippen molar-refractivity contribution in [2.75, 3.05) is 5.73 Å². The number of nitrogen functional groups attached to an aromatic ring is 1. The Morgan fingerprint density at radius 1 is 1.16 bits per heavy atom. The predicted octanol–water partition coefficient (Wildman–Crippen LogP) is 3.26. The lowest BCUT2D eigenvalue weighted by Gasteiger charge is -2.11. The number of hydrogen-bond donors (Lipinski definition) is 1. The van der Waals surface area contributed by atoms with E-state index in [1.165, 1.54) is 0 Å². The Hall–Kier alpha value is -2.24. The summed E-state index contributed by atoms with van der Waals surface area (Å²) in [5, 5.41) is 0. The second kappa shape index (κ2) is 5.17. The molecule has 0 aliphatic heterocycles. The largest absolute Gasteiger partial charge is 0.487 e. The molecule has 2 rings (SSSR count). The summed E-state index contributed by atoms with van der Waals surface area (Å²) in [4.78, 5) is 3.24. The minimum Gasteiger partial charge on any atom is -0.487 e. The Kier molecular flexibility index (Phi) is 3.59. The number of nitrogens with zero attached hydrogens (tertiary/aromatic N) is 1. The van der Waals surface area contributed by atoms with E-state index in [1.54, 1.807) is 0 Å². The molecule has 0 atom stereocenters. The van der Waals surface area contributed by atoms with Gasteiger partial charge in [-0.2, -0.15) is 13.2 Å². The summed E-state index contributed by atoms with van der Waals surface area (Å²) in [6.45, 7) is 0.145. The van der Waals surface area contributed by atoms with Gasteiger partial charge in [0.2, 0.25) is 0 Å². The fourth-order valence-corrected chi connectivity index (χ4v) is 1.46. The molecule has 0 spiro atoms. The van der Waals surface area contributed by atoms with Gasteiger partial charge in [0.15, 0.2) is 0 Å². The molecule has 0 saturated carbocycles. The van der Waals surface area contributed by atoms with Crippen molar-refractivity contribution in [3.8, 4) is 5.75 Å². The van der Waals surface area contributed by atoms with Crippen LogP contribution in [0.3, 0.4) is 0 Å². The normalized spacial score (nSPS) is 11.3. The van der Waals surface area contributed by atoms with Gasteiger partial charge in [0.25, 0.3) is 0 Å². The molecule has 1 aromatic heterocycles. The average Bonchev–Trinajstić information content (AvgIpc) is 2.37. The number of ether oxygens (including phenoxy) is 1. The van der Waals surface area contributed by atoms with Crippen molar-refractivity contribution in [3.63, 3.8) is 0 Å². The van der Waals surface area contributed by atoms with Crippen molar-refractivity contribution in [2.45, 2.75) is 12.8 Å². The van der Waals surface area contributed by atoms with Gasteiger partial charge in [0.1, 0.15) is 18.1 Å². The minimum atomic E-state index is -4.52. The van der Waals surface area contributed by atoms with Gasteiger partial charge in [-0.3, -0.25) is 0 Å². The molecule has 100 valence electrons. The Bertz CT molecular complexity index is 556. The molecule has 0 fully saturated rings. The number of halogens is 3. The Morgan fingerprint density at radius 2 is 1.84 bits per heavy atom. The van der Waals surface area contributed by atoms with Gasteiger partial charge in [-0.25, -0.2) is 4.98 Å². The van der Waals surface area contributed by atoms with Crippen molar-refractivity contribution < 1.29 is 17.9 Å². The van der Waals surface area contributed by atoms with Crippen LogP contribution in [0.1, 0.15) is 11.3 Å². The first kappa shape index (κ1) is 13.2. The van der Waals surface area contributed by atoms with Gasteiger partial charge in [-0.15, -0.1) is 0 Å². The zero-order valence-corrected chi connectivity index (χ0v) is 9.82. The molecule has 1 heterocycles. The molecule has 19 heavy (non-hydrogen) atoms. The second-order valence-electron chi connectivity index (χ2n) is 3.88. The summed E-state index contributed by atoms with van der Waals surface area (Å²) >= 11 is 0. The second-order valence-corrected chi connectivity index (χ2v) is 3.88. The summed E-state index contributed by atoms with van der Waals surface area (Å²) in [6.07, 6.45) is -3.57. The van der Waals surface area contributed by atoms with Crippen LogP contribution in [0.4, 0.5) is 18.9 Å². The van der Waals surface area contributed by atoms with Crippen LogP contribution in [0.25, 0.3) is 0 Å². The Balaban J connectivity index is 2.16. The van der Waals surface area contributed by atoms with E-state index in [4.69, 9.17) is 10.5 Å². The summed E-state index contributed by atoms with van der Waals surface area (Å²) in [6, 6.07) is 9.89. The molecule has 6 heteroatoms. The first-order valence-electron chi connectivity index (χ1n) is 5.46. The van der Waals surface area contributed by atoms with E-state index in [9.17, 15) is 13.2 Å². The van der Waals surface area contributed by atoms with Crippen LogP contribution in [-0.2, 0) is 12.8 Å². The number of anilines is 1. The van der Waals surface area contributed by atoms with Gasteiger partial charge in [-0.1, -0.05) is 30.3 Å². The van der Waals surface area contributed by atoms with Crippen molar-refractivity contribution >= 4 is 5.69 Å². The fourth-order valence-electron chi connectivity index (χ4n) is 1.46. The summed E-state index contributed by atoms with van der Waals surface area (Å²) in [5.41, 5.74) is 5.43. The third kappa shape index (κ3) is 3.37. The molecule has 0 radical (unpaired) electrons. The lowest BCUT2D eigenvalue weighted by molar-refractivity contribution is -0.141. The Labute approximate surface area is 107 Å². The summed E-state index contributed by atoms with van der Waals surface area (Å²) in [5.74, 6) is -0.0221. The van der Waals surface area contributed by atoms with E-state index < -0.39 is 11.9 Å². The molecule has 0 unspecified atom stereocenters. The van der Waals surface area contributed by atoms with Crippen LogP contribution >= 0.6 is 0 Å². The third-order valence-corrected chi connectivity index (χ3v) is 2.42. The van der Waals surface area contributed by atoms with Crippen molar-refractivity contribution in [1.29, 1.82) is 0 Å². The molecular formula is C13H11F3N2O. The van der Waals surface area contributed by atoms with E-state index in [2.05, 4.69) is 4.98 Å². The first-order chi connectivity index (χ1) is 8.97. The molecule has 0 saturated heterocycles. The smallest absolute Gasteiger partial charge is 0.433 e. The SMILES string of the molecule is Nc1cnc(C(F)(F)F)cc1OCc1ccccc1. The van der Waals surface area contributed by atoms with Crippen LogP contribution in [0, 0.1) is 0 Å². The maximum absolute atomic E-state index is 12.5. The molecule has 0 aliphatic carbocycles. The monoisotopic (exact) mass is 268 g/mol. The molecular weight excluding hydrogens is 257 g/mol. The van der Waals surface area contributed by atoms with Crippen LogP contribution in [-0.4, -0.2) is 4.98 Å². The van der Waals surface area contributed by atoms with Crippen molar-refractivity contribution in [2.24, 2.45) is 0 Å². The highest BCUT2D eigenvalue weighted by Gasteiger charge is 2.33. The molecule has 0 amide bonds. The topological polar surface area (TPSA) is 48.1 Å². The van der Waals surface area contributed by atoms with Crippen LogP contribution in [0.15, 0.2) is 42.6 Å². The van der Waals surface area contributed by atoms with E-state index in [0.717, 1.165) is 17.8 Å². The lowest BCUT2D eigenvalue weighted by Crippen LogP contribution is -2.09. The maximum atomic E-state index is 12.5. The van der Waals surface area contributed by atoms with Gasteiger partial charge in [-0.05, 0) is 5.56 Å². The average molecular weight is 268 g/mol. The van der Waals surface area contributed by atoms with Gasteiger partial charge in [0.05, 0.1) is 11.9 Å². The third-order valence-electron chi connectivity index (χ3n) is 2.42.